The minimum absolute atomic E-state index is 0.496. The van der Waals surface area contributed by atoms with Crippen LogP contribution in [0.25, 0.3) is 65.8 Å². The molecule has 0 saturated heterocycles. The second-order valence-corrected chi connectivity index (χ2v) is 19.4. The molecular formula is C54H75N15. The number of unbranched alkanes of at least 4 members (excludes halogenated alkanes) is 2. The van der Waals surface area contributed by atoms with Gasteiger partial charge in [-0.2, -0.15) is 0 Å². The predicted octanol–water partition coefficient (Wildman–Crippen LogP) is 11.7. The molecule has 15 nitrogen and oxygen atoms in total. The monoisotopic (exact) mass is 934 g/mol. The van der Waals surface area contributed by atoms with Gasteiger partial charge in [0.2, 0.25) is 17.8 Å². The molecule has 0 bridgehead atoms. The SMILES string of the molecule is CCCCN(C)c1nc2c(N)nc3ccccc3c2n1CC(C)C.CCCCNc1nc2c(N)nc3ccccc3c2n1CC(C)C.CCCNc1nc2c(N)nc3ccccc3c2n1CC(C)C. The molecule has 6 aromatic heterocycles. The summed E-state index contributed by atoms with van der Waals surface area (Å²) in [6.45, 7) is 25.4. The number of aromatic nitrogens is 9. The molecule has 0 unspecified atom stereocenters. The Morgan fingerprint density at radius 2 is 0.855 bits per heavy atom. The zero-order valence-electron chi connectivity index (χ0n) is 42.6. The number of rotatable bonds is 17. The highest BCUT2D eigenvalue weighted by Gasteiger charge is 2.22. The van der Waals surface area contributed by atoms with E-state index in [1.807, 2.05) is 54.6 Å². The summed E-state index contributed by atoms with van der Waals surface area (Å²) in [5, 5.41) is 10.2. The van der Waals surface area contributed by atoms with Gasteiger partial charge < -0.3 is 46.4 Å². The fraction of sp³-hybridized carbons (Fsp3) is 0.444. The summed E-state index contributed by atoms with van der Waals surface area (Å²) in [5.41, 5.74) is 27.0. The highest BCUT2D eigenvalue weighted by molar-refractivity contribution is 6.09. The molecule has 0 aliphatic rings. The van der Waals surface area contributed by atoms with E-state index in [0.717, 1.165) is 149 Å². The van der Waals surface area contributed by atoms with Crippen LogP contribution in [0.4, 0.5) is 35.3 Å². The fourth-order valence-corrected chi connectivity index (χ4v) is 8.86. The molecule has 366 valence electrons. The van der Waals surface area contributed by atoms with Gasteiger partial charge in [-0.15, -0.1) is 0 Å². The minimum atomic E-state index is 0.496. The number of nitrogens with zero attached hydrogens (tertiary/aromatic N) is 10. The van der Waals surface area contributed by atoms with Crippen LogP contribution in [-0.4, -0.2) is 70.3 Å². The molecular weight excluding hydrogens is 859 g/mol. The highest BCUT2D eigenvalue weighted by atomic mass is 15.3. The Labute approximate surface area is 407 Å². The predicted molar refractivity (Wildman–Crippen MR) is 293 cm³/mol. The van der Waals surface area contributed by atoms with Crippen molar-refractivity contribution in [3.8, 4) is 0 Å². The summed E-state index contributed by atoms with van der Waals surface area (Å²) in [6, 6.07) is 24.4. The number of imidazole rings is 3. The number of anilines is 6. The first-order chi connectivity index (χ1) is 33.3. The summed E-state index contributed by atoms with van der Waals surface area (Å²) in [5.74, 6) is 5.83. The van der Waals surface area contributed by atoms with Crippen molar-refractivity contribution in [1.29, 1.82) is 0 Å². The third kappa shape index (κ3) is 11.0. The van der Waals surface area contributed by atoms with E-state index in [1.54, 1.807) is 0 Å². The molecule has 0 spiro atoms. The van der Waals surface area contributed by atoms with Crippen molar-refractivity contribution in [2.45, 2.75) is 114 Å². The largest absolute Gasteiger partial charge is 0.382 e. The van der Waals surface area contributed by atoms with Gasteiger partial charge >= 0.3 is 0 Å². The third-order valence-corrected chi connectivity index (χ3v) is 12.0. The molecule has 9 aromatic rings. The number of para-hydroxylation sites is 3. The lowest BCUT2D eigenvalue weighted by molar-refractivity contribution is 0.530. The Morgan fingerprint density at radius 3 is 1.26 bits per heavy atom. The zero-order valence-corrected chi connectivity index (χ0v) is 42.6. The third-order valence-electron chi connectivity index (χ3n) is 12.0. The van der Waals surface area contributed by atoms with E-state index in [2.05, 4.69) is 132 Å². The fourth-order valence-electron chi connectivity index (χ4n) is 8.86. The maximum absolute atomic E-state index is 6.23. The van der Waals surface area contributed by atoms with Gasteiger partial charge in [-0.25, -0.2) is 29.9 Å². The number of nitrogens with two attached hydrogens (primary N) is 3. The molecule has 9 rings (SSSR count). The van der Waals surface area contributed by atoms with E-state index >= 15 is 0 Å². The van der Waals surface area contributed by atoms with Crippen LogP contribution in [-0.2, 0) is 19.6 Å². The van der Waals surface area contributed by atoms with Gasteiger partial charge in [0.15, 0.2) is 17.5 Å². The van der Waals surface area contributed by atoms with Crippen molar-refractivity contribution in [2.24, 2.45) is 17.8 Å². The van der Waals surface area contributed by atoms with Crippen LogP contribution in [0.5, 0.6) is 0 Å². The number of nitrogens with one attached hydrogen (secondary N) is 2. The summed E-state index contributed by atoms with van der Waals surface area (Å²) in [4.78, 5) is 30.1. The zero-order chi connectivity index (χ0) is 49.4. The Bertz CT molecular complexity index is 3140. The number of hydrogen-bond acceptors (Lipinski definition) is 12. The first-order valence-corrected chi connectivity index (χ1v) is 25.1. The number of fused-ring (bicyclic) bond motifs is 9. The van der Waals surface area contributed by atoms with Crippen LogP contribution in [0, 0.1) is 17.8 Å². The molecule has 6 heterocycles. The average molecular weight is 934 g/mol. The van der Waals surface area contributed by atoms with Gasteiger partial charge in [0.25, 0.3) is 0 Å². The second-order valence-electron chi connectivity index (χ2n) is 19.4. The first-order valence-electron chi connectivity index (χ1n) is 25.1. The summed E-state index contributed by atoms with van der Waals surface area (Å²) in [7, 11) is 2.11. The van der Waals surface area contributed by atoms with Crippen molar-refractivity contribution in [1.82, 2.24) is 43.6 Å². The van der Waals surface area contributed by atoms with E-state index in [-0.39, 0.29) is 0 Å². The lowest BCUT2D eigenvalue weighted by Crippen LogP contribution is -2.23. The molecule has 0 atom stereocenters. The Morgan fingerprint density at radius 1 is 0.478 bits per heavy atom. The van der Waals surface area contributed by atoms with E-state index in [9.17, 15) is 0 Å². The highest BCUT2D eigenvalue weighted by Crippen LogP contribution is 2.34. The van der Waals surface area contributed by atoms with E-state index in [4.69, 9.17) is 32.2 Å². The molecule has 0 radical (unpaired) electrons. The summed E-state index contributed by atoms with van der Waals surface area (Å²) in [6.07, 6.45) is 5.65. The van der Waals surface area contributed by atoms with Gasteiger partial charge in [-0.3, -0.25) is 0 Å². The van der Waals surface area contributed by atoms with Crippen molar-refractivity contribution < 1.29 is 0 Å². The minimum Gasteiger partial charge on any atom is -0.382 e. The van der Waals surface area contributed by atoms with E-state index < -0.39 is 0 Å². The molecule has 0 aliphatic carbocycles. The van der Waals surface area contributed by atoms with Crippen LogP contribution in [0.3, 0.4) is 0 Å². The van der Waals surface area contributed by atoms with E-state index in [0.29, 0.717) is 35.2 Å². The second kappa shape index (κ2) is 22.5. The Kier molecular flexibility index (Phi) is 16.3. The maximum Gasteiger partial charge on any atom is 0.206 e. The first kappa shape index (κ1) is 50.0. The normalized spacial score (nSPS) is 11.7. The smallest absolute Gasteiger partial charge is 0.206 e. The van der Waals surface area contributed by atoms with Crippen molar-refractivity contribution in [2.75, 3.05) is 59.4 Å². The number of pyridine rings is 3. The van der Waals surface area contributed by atoms with Crippen LogP contribution in [0.15, 0.2) is 72.8 Å². The lowest BCUT2D eigenvalue weighted by atomic mass is 10.1. The Hall–Kier alpha value is -6.90. The van der Waals surface area contributed by atoms with E-state index in [1.165, 1.54) is 6.42 Å². The Balaban J connectivity index is 0.000000153. The molecule has 0 aliphatic heterocycles. The quantitative estimate of drug-likeness (QED) is 0.0543. The number of nitrogen functional groups attached to an aromatic ring is 3. The van der Waals surface area contributed by atoms with Crippen LogP contribution in [0.2, 0.25) is 0 Å². The molecule has 8 N–H and O–H groups in total. The van der Waals surface area contributed by atoms with Gasteiger partial charge in [0, 0.05) is 62.5 Å². The molecule has 0 amide bonds. The average Bonchev–Trinajstić information content (AvgIpc) is 4.00. The number of hydrogen-bond donors (Lipinski definition) is 5. The van der Waals surface area contributed by atoms with Gasteiger partial charge in [0.05, 0.1) is 33.1 Å². The van der Waals surface area contributed by atoms with Gasteiger partial charge in [-0.05, 0) is 55.2 Å². The maximum atomic E-state index is 6.23. The van der Waals surface area contributed by atoms with Crippen LogP contribution < -0.4 is 32.7 Å². The lowest BCUT2D eigenvalue weighted by Gasteiger charge is -2.21. The molecule has 69 heavy (non-hydrogen) atoms. The summed E-state index contributed by atoms with van der Waals surface area (Å²) < 4.78 is 6.82. The van der Waals surface area contributed by atoms with Crippen molar-refractivity contribution >= 4 is 101 Å². The molecule has 15 heteroatoms. The van der Waals surface area contributed by atoms with Crippen molar-refractivity contribution in [3.63, 3.8) is 0 Å². The molecule has 0 fully saturated rings. The van der Waals surface area contributed by atoms with Crippen LogP contribution in [0.1, 0.15) is 94.4 Å². The van der Waals surface area contributed by atoms with Gasteiger partial charge in [-0.1, -0.05) is 130 Å². The summed E-state index contributed by atoms with van der Waals surface area (Å²) >= 11 is 0. The number of benzene rings is 3. The van der Waals surface area contributed by atoms with Crippen molar-refractivity contribution in [3.05, 3.63) is 72.8 Å². The molecule has 0 saturated carbocycles. The van der Waals surface area contributed by atoms with Crippen LogP contribution >= 0.6 is 0 Å². The topological polar surface area (TPSA) is 197 Å². The molecule has 3 aromatic carbocycles. The van der Waals surface area contributed by atoms with Gasteiger partial charge in [0.1, 0.15) is 16.6 Å². The standard InChI is InChI=1S/C19H27N5.C18H25N5.C17H23N5/c1-5-6-11-23(4)19-22-16-17(24(19)12-13(2)3)14-9-7-8-10-15(14)21-18(16)20;1-4-5-10-20-18-22-15-16(23(18)11-12(2)3)13-8-6-7-9-14(13)21-17(15)19;1-4-9-19-17-21-14-15(22(17)10-11(2)3)12-7-5-6-8-13(12)20-16(14)18/h7-10,13H,5-6,11-12H2,1-4H3,(H2,20,21);6-9,12H,4-5,10-11H2,1-3H3,(H2,19,21)(H,20,22);5-8,11H,4,9-10H2,1-3H3,(H2,18,20)(H,19,21).